The summed E-state index contributed by atoms with van der Waals surface area (Å²) in [5.74, 6) is 1.06. The number of anilines is 3. The lowest BCUT2D eigenvalue weighted by molar-refractivity contribution is -0.123. The second kappa shape index (κ2) is 9.82. The van der Waals surface area contributed by atoms with Crippen LogP contribution >= 0.6 is 0 Å². The molecule has 0 atom stereocenters. The summed E-state index contributed by atoms with van der Waals surface area (Å²) in [6.45, 7) is 3.51. The van der Waals surface area contributed by atoms with Crippen molar-refractivity contribution < 1.29 is 14.3 Å². The number of rotatable bonds is 5. The Labute approximate surface area is 212 Å². The van der Waals surface area contributed by atoms with E-state index in [1.165, 1.54) is 0 Å². The highest BCUT2D eigenvalue weighted by Crippen LogP contribution is 2.28. The summed E-state index contributed by atoms with van der Waals surface area (Å²) in [4.78, 5) is 42.5. The van der Waals surface area contributed by atoms with Crippen LogP contribution in [0.25, 0.3) is 22.3 Å². The lowest BCUT2D eigenvalue weighted by Gasteiger charge is -2.27. The Morgan fingerprint density at radius 2 is 1.89 bits per heavy atom. The third-order valence-electron chi connectivity index (χ3n) is 6.33. The Morgan fingerprint density at radius 3 is 2.76 bits per heavy atom. The molecule has 0 spiro atoms. The zero-order valence-electron chi connectivity index (χ0n) is 20.0. The first-order valence-electron chi connectivity index (χ1n) is 12.1. The van der Waals surface area contributed by atoms with Crippen LogP contribution in [0, 0.1) is 0 Å². The minimum Gasteiger partial charge on any atom is -0.378 e. The summed E-state index contributed by atoms with van der Waals surface area (Å²) < 4.78 is 5.50. The number of fused-ring (bicyclic) bond motifs is 1. The van der Waals surface area contributed by atoms with Gasteiger partial charge in [-0.1, -0.05) is 18.2 Å². The van der Waals surface area contributed by atoms with Gasteiger partial charge >= 0.3 is 0 Å². The fraction of sp³-hybridized carbons (Fsp3) is 0.280. The van der Waals surface area contributed by atoms with Crippen molar-refractivity contribution in [1.82, 2.24) is 35.4 Å². The highest BCUT2D eigenvalue weighted by Gasteiger charge is 2.23. The number of aromatic nitrogens is 5. The maximum absolute atomic E-state index is 13.0. The molecule has 2 fully saturated rings. The van der Waals surface area contributed by atoms with Gasteiger partial charge in [-0.05, 0) is 24.3 Å². The molecule has 2 aromatic carbocycles. The molecule has 0 bridgehead atoms. The van der Waals surface area contributed by atoms with E-state index in [-0.39, 0.29) is 18.4 Å². The van der Waals surface area contributed by atoms with Crippen molar-refractivity contribution in [2.75, 3.05) is 56.2 Å². The molecule has 0 saturated carbocycles. The fourth-order valence-corrected chi connectivity index (χ4v) is 4.46. The van der Waals surface area contributed by atoms with Crippen molar-refractivity contribution in [3.63, 3.8) is 0 Å². The highest BCUT2D eigenvalue weighted by atomic mass is 16.5. The van der Waals surface area contributed by atoms with Crippen molar-refractivity contribution in [3.8, 4) is 11.4 Å². The molecule has 0 radical (unpaired) electrons. The normalized spacial score (nSPS) is 16.1. The van der Waals surface area contributed by atoms with Gasteiger partial charge in [0.1, 0.15) is 0 Å². The molecule has 12 nitrogen and oxygen atoms in total. The van der Waals surface area contributed by atoms with E-state index in [1.807, 2.05) is 24.3 Å². The van der Waals surface area contributed by atoms with E-state index in [0.717, 1.165) is 16.5 Å². The third kappa shape index (κ3) is 4.78. The Morgan fingerprint density at radius 1 is 1.03 bits per heavy atom. The number of hydrogen-bond acceptors (Lipinski definition) is 9. The number of nitrogens with zero attached hydrogens (tertiary/aromatic N) is 6. The average Bonchev–Trinajstić information content (AvgIpc) is 3.42. The van der Waals surface area contributed by atoms with Crippen LogP contribution in [0.15, 0.2) is 48.7 Å². The second-order valence-electron chi connectivity index (χ2n) is 8.80. The Balaban J connectivity index is 1.34. The molecular formula is C25H25N9O3. The monoisotopic (exact) mass is 499 g/mol. The standard InChI is InChI=1S/C25H25N9O3/c35-21-15-34(8-7-26-21)23(36)16-3-1-4-17(13-16)28-24-29-22(18-5-2-6-20-19(18)14-27-32-20)30-25(31-24)33-9-11-37-12-10-33/h1-6,13-14H,7-12,15H2,(H,26,35)(H,27,32)(H,28,29,30,31). The van der Waals surface area contributed by atoms with Gasteiger partial charge in [0.2, 0.25) is 17.8 Å². The smallest absolute Gasteiger partial charge is 0.254 e. The van der Waals surface area contributed by atoms with Gasteiger partial charge in [0.15, 0.2) is 5.82 Å². The van der Waals surface area contributed by atoms with Gasteiger partial charge in [0.25, 0.3) is 5.91 Å². The molecule has 6 rings (SSSR count). The maximum Gasteiger partial charge on any atom is 0.254 e. The van der Waals surface area contributed by atoms with Gasteiger partial charge in [0, 0.05) is 48.4 Å². The van der Waals surface area contributed by atoms with Gasteiger partial charge < -0.3 is 25.2 Å². The van der Waals surface area contributed by atoms with Crippen molar-refractivity contribution in [2.24, 2.45) is 0 Å². The molecule has 188 valence electrons. The van der Waals surface area contributed by atoms with E-state index in [0.29, 0.717) is 68.4 Å². The summed E-state index contributed by atoms with van der Waals surface area (Å²) >= 11 is 0. The molecule has 4 heterocycles. The van der Waals surface area contributed by atoms with Crippen LogP contribution in [0.2, 0.25) is 0 Å². The third-order valence-corrected chi connectivity index (χ3v) is 6.33. The first-order chi connectivity index (χ1) is 18.1. The molecule has 3 N–H and O–H groups in total. The minimum absolute atomic E-state index is 0.0514. The van der Waals surface area contributed by atoms with Crippen LogP contribution in [0.4, 0.5) is 17.6 Å². The number of amides is 2. The largest absolute Gasteiger partial charge is 0.378 e. The Bertz CT molecular complexity index is 1460. The maximum atomic E-state index is 13.0. The Hall–Kier alpha value is -4.58. The molecule has 0 aliphatic carbocycles. The SMILES string of the molecule is O=C1CN(C(=O)c2cccc(Nc3nc(-c4cccc5[nH]ncc45)nc(N4CCOCC4)n3)c2)CCN1. The average molecular weight is 500 g/mol. The van der Waals surface area contributed by atoms with E-state index in [4.69, 9.17) is 14.7 Å². The van der Waals surface area contributed by atoms with E-state index in [1.54, 1.807) is 29.3 Å². The molecule has 37 heavy (non-hydrogen) atoms. The van der Waals surface area contributed by atoms with E-state index in [2.05, 4.69) is 30.7 Å². The molecule has 2 aliphatic heterocycles. The number of hydrogen-bond donors (Lipinski definition) is 3. The van der Waals surface area contributed by atoms with Crippen LogP contribution in [0.1, 0.15) is 10.4 Å². The topological polar surface area (TPSA) is 141 Å². The zero-order valence-corrected chi connectivity index (χ0v) is 20.0. The van der Waals surface area contributed by atoms with Crippen molar-refractivity contribution in [2.45, 2.75) is 0 Å². The van der Waals surface area contributed by atoms with Crippen LogP contribution in [-0.4, -0.2) is 87.8 Å². The summed E-state index contributed by atoms with van der Waals surface area (Å²) in [7, 11) is 0. The molecule has 0 unspecified atom stereocenters. The first kappa shape index (κ1) is 22.9. The summed E-state index contributed by atoms with van der Waals surface area (Å²) in [6, 6.07) is 12.9. The molecule has 2 aliphatic rings. The molecule has 2 saturated heterocycles. The van der Waals surface area contributed by atoms with Gasteiger partial charge in [-0.2, -0.15) is 20.1 Å². The van der Waals surface area contributed by atoms with Gasteiger partial charge in [-0.3, -0.25) is 14.7 Å². The summed E-state index contributed by atoms with van der Waals surface area (Å²) in [5.41, 5.74) is 2.85. The number of piperazine rings is 1. The number of aromatic amines is 1. The number of benzene rings is 2. The van der Waals surface area contributed by atoms with Crippen LogP contribution in [-0.2, 0) is 9.53 Å². The highest BCUT2D eigenvalue weighted by molar-refractivity contribution is 5.98. The quantitative estimate of drug-likeness (QED) is 0.373. The van der Waals surface area contributed by atoms with Crippen LogP contribution in [0.5, 0.6) is 0 Å². The zero-order chi connectivity index (χ0) is 25.2. The number of carbonyl (C=O) groups is 2. The predicted octanol–water partition coefficient (Wildman–Crippen LogP) is 1.57. The molecule has 12 heteroatoms. The lowest BCUT2D eigenvalue weighted by Crippen LogP contribution is -2.49. The molecular weight excluding hydrogens is 474 g/mol. The van der Waals surface area contributed by atoms with E-state index in [9.17, 15) is 9.59 Å². The first-order valence-corrected chi connectivity index (χ1v) is 12.1. The number of ether oxygens (including phenoxy) is 1. The van der Waals surface area contributed by atoms with Gasteiger partial charge in [0.05, 0.1) is 31.5 Å². The lowest BCUT2D eigenvalue weighted by atomic mass is 10.1. The minimum atomic E-state index is -0.199. The van der Waals surface area contributed by atoms with E-state index < -0.39 is 0 Å². The van der Waals surface area contributed by atoms with Crippen molar-refractivity contribution in [1.29, 1.82) is 0 Å². The number of carbonyl (C=O) groups excluding carboxylic acids is 2. The number of H-pyrrole nitrogens is 1. The van der Waals surface area contributed by atoms with E-state index >= 15 is 0 Å². The molecule has 4 aromatic rings. The summed E-state index contributed by atoms with van der Waals surface area (Å²) in [5, 5.41) is 14.0. The van der Waals surface area contributed by atoms with Gasteiger partial charge in [-0.25, -0.2) is 0 Å². The van der Waals surface area contributed by atoms with Crippen molar-refractivity contribution >= 4 is 40.3 Å². The molecule has 2 amide bonds. The van der Waals surface area contributed by atoms with Crippen LogP contribution in [0.3, 0.4) is 0 Å². The van der Waals surface area contributed by atoms with Gasteiger partial charge in [-0.15, -0.1) is 0 Å². The number of nitrogens with one attached hydrogen (secondary N) is 3. The summed E-state index contributed by atoms with van der Waals surface area (Å²) in [6.07, 6.45) is 1.76. The van der Waals surface area contributed by atoms with Crippen molar-refractivity contribution in [3.05, 3.63) is 54.2 Å². The Kier molecular flexibility index (Phi) is 6.06. The fourth-order valence-electron chi connectivity index (χ4n) is 4.46. The second-order valence-corrected chi connectivity index (χ2v) is 8.80. The number of morpholine rings is 1. The predicted molar refractivity (Wildman–Crippen MR) is 137 cm³/mol. The molecule has 2 aromatic heterocycles. The van der Waals surface area contributed by atoms with Crippen LogP contribution < -0.4 is 15.5 Å².